The van der Waals surface area contributed by atoms with Crippen LogP contribution in [0.15, 0.2) is 30.3 Å². The van der Waals surface area contributed by atoms with E-state index in [9.17, 15) is 0 Å². The second-order valence-corrected chi connectivity index (χ2v) is 4.05. The van der Waals surface area contributed by atoms with E-state index in [-0.39, 0.29) is 73.7 Å². The largest absolute Gasteiger partial charge is 1.00 e. The van der Waals surface area contributed by atoms with Gasteiger partial charge in [-0.25, -0.2) is 0 Å². The Bertz CT molecular complexity index is 233. The molecule has 0 amide bonds. The third kappa shape index (κ3) is 26.6. The quantitative estimate of drug-likeness (QED) is 0.419. The van der Waals surface area contributed by atoms with Gasteiger partial charge < -0.3 is 1.43 Å². The summed E-state index contributed by atoms with van der Waals surface area (Å²) in [6, 6.07) is 10.3. The van der Waals surface area contributed by atoms with Crippen LogP contribution in [0.1, 0.15) is 27.8 Å². The second kappa shape index (κ2) is 17.0. The predicted molar refractivity (Wildman–Crippen MR) is 81.1 cm³/mol. The van der Waals surface area contributed by atoms with Crippen molar-refractivity contribution in [2.45, 2.75) is 33.2 Å². The zero-order valence-electron chi connectivity index (χ0n) is 12.2. The maximum absolute atomic E-state index is 5.06. The van der Waals surface area contributed by atoms with Crippen LogP contribution in [-0.2, 0) is 0 Å². The molecule has 0 spiro atoms. The molecule has 0 fully saturated rings. The van der Waals surface area contributed by atoms with Gasteiger partial charge in [0.05, 0.1) is 0 Å². The second-order valence-electron chi connectivity index (χ2n) is 4.05. The summed E-state index contributed by atoms with van der Waals surface area (Å²) < 4.78 is 0. The van der Waals surface area contributed by atoms with Crippen molar-refractivity contribution in [3.05, 3.63) is 35.9 Å². The summed E-state index contributed by atoms with van der Waals surface area (Å²) in [5.41, 5.74) is 4.00. The van der Waals surface area contributed by atoms with E-state index >= 15 is 0 Å². The molecule has 2 nitrogen and oxygen atoms in total. The maximum Gasteiger partial charge on any atom is 1.00 e. The molecular formula is C11H24Cl3N2Na. The molecule has 0 radical (unpaired) electrons. The first-order valence-electron chi connectivity index (χ1n) is 4.45. The van der Waals surface area contributed by atoms with E-state index in [0.29, 0.717) is 0 Å². The van der Waals surface area contributed by atoms with E-state index in [2.05, 4.69) is 24.5 Å². The topological polar surface area (TPSA) is 38.0 Å². The van der Waals surface area contributed by atoms with Gasteiger partial charge in [0, 0.05) is 5.54 Å². The third-order valence-corrected chi connectivity index (χ3v) is 1.37. The first-order valence-corrected chi connectivity index (χ1v) is 4.45. The summed E-state index contributed by atoms with van der Waals surface area (Å²) in [5.74, 6) is 5.06. The summed E-state index contributed by atoms with van der Waals surface area (Å²) >= 11 is 0. The zero-order valence-corrected chi connectivity index (χ0v) is 15.6. The summed E-state index contributed by atoms with van der Waals surface area (Å²) in [5, 5.41) is 0. The molecule has 0 aliphatic heterocycles. The van der Waals surface area contributed by atoms with Gasteiger partial charge in [0.25, 0.3) is 0 Å². The standard InChI is InChI=1S/C7H8.C4H12N2.3ClH.Na.H/c1-7-5-3-2-4-6-7;1-4(2,3)6-5;;;;;/h2-6H,1H3;6H,5H2,1-3H3;3*1H;;/q;;;;;+1;-1. The molecule has 1 rings (SSSR count). The van der Waals surface area contributed by atoms with Crippen molar-refractivity contribution in [2.75, 3.05) is 0 Å². The SMILES string of the molecule is CC(C)(C)NN.Cc1ccccc1.Cl.Cl.Cl.[H-].[Na+]. The van der Waals surface area contributed by atoms with Crippen molar-refractivity contribution >= 4 is 37.2 Å². The zero-order chi connectivity index (χ0) is 10.3. The van der Waals surface area contributed by atoms with Gasteiger partial charge in [-0.15, -0.1) is 37.2 Å². The number of rotatable bonds is 0. The summed E-state index contributed by atoms with van der Waals surface area (Å²) in [4.78, 5) is 0. The van der Waals surface area contributed by atoms with Gasteiger partial charge >= 0.3 is 29.6 Å². The van der Waals surface area contributed by atoms with E-state index in [1.54, 1.807) is 0 Å². The van der Waals surface area contributed by atoms with Crippen LogP contribution in [0.4, 0.5) is 0 Å². The minimum Gasteiger partial charge on any atom is -1.00 e. The number of halogens is 3. The van der Waals surface area contributed by atoms with Gasteiger partial charge in [-0.05, 0) is 27.7 Å². The van der Waals surface area contributed by atoms with E-state index in [1.807, 2.05) is 39.0 Å². The van der Waals surface area contributed by atoms with E-state index in [1.165, 1.54) is 5.56 Å². The molecule has 1 aromatic rings. The average molecular weight is 314 g/mol. The van der Waals surface area contributed by atoms with Crippen molar-refractivity contribution in [3.63, 3.8) is 0 Å². The number of benzene rings is 1. The molecule has 0 bridgehead atoms. The maximum atomic E-state index is 5.06. The Kier molecular flexibility index (Phi) is 30.8. The Morgan fingerprint density at radius 2 is 1.29 bits per heavy atom. The number of hydrogen-bond acceptors (Lipinski definition) is 2. The van der Waals surface area contributed by atoms with Gasteiger partial charge in [-0.3, -0.25) is 11.3 Å². The van der Waals surface area contributed by atoms with Crippen LogP contribution in [0.2, 0.25) is 0 Å². The van der Waals surface area contributed by atoms with Crippen molar-refractivity contribution < 1.29 is 31.0 Å². The fourth-order valence-electron chi connectivity index (χ4n) is 0.534. The Morgan fingerprint density at radius 1 is 1.00 bits per heavy atom. The minimum absolute atomic E-state index is 0. The number of nitrogens with two attached hydrogens (primary N) is 1. The molecule has 3 N–H and O–H groups in total. The van der Waals surface area contributed by atoms with Crippen molar-refractivity contribution in [3.8, 4) is 0 Å². The molecule has 6 heteroatoms. The van der Waals surface area contributed by atoms with E-state index < -0.39 is 0 Å². The van der Waals surface area contributed by atoms with Gasteiger partial charge in [0.2, 0.25) is 0 Å². The fourth-order valence-corrected chi connectivity index (χ4v) is 0.534. The van der Waals surface area contributed by atoms with Crippen LogP contribution in [0.3, 0.4) is 0 Å². The molecule has 100 valence electrons. The van der Waals surface area contributed by atoms with Crippen molar-refractivity contribution in [2.24, 2.45) is 5.84 Å². The van der Waals surface area contributed by atoms with Gasteiger partial charge in [-0.2, -0.15) is 0 Å². The number of hydrazine groups is 1. The molecule has 0 saturated carbocycles. The van der Waals surface area contributed by atoms with Gasteiger partial charge in [-0.1, -0.05) is 35.9 Å². The minimum atomic E-state index is 0. The van der Waals surface area contributed by atoms with Crippen LogP contribution in [0.25, 0.3) is 0 Å². The molecular weight excluding hydrogens is 289 g/mol. The summed E-state index contributed by atoms with van der Waals surface area (Å²) in [6.45, 7) is 8.10. The molecule has 17 heavy (non-hydrogen) atoms. The molecule has 0 aliphatic carbocycles. The number of hydrogen-bond donors (Lipinski definition) is 2. The molecule has 0 unspecified atom stereocenters. The molecule has 1 aromatic carbocycles. The van der Waals surface area contributed by atoms with Crippen LogP contribution < -0.4 is 40.8 Å². The Labute approximate surface area is 147 Å². The van der Waals surface area contributed by atoms with Crippen LogP contribution in [0.5, 0.6) is 0 Å². The summed E-state index contributed by atoms with van der Waals surface area (Å²) in [6.07, 6.45) is 0. The van der Waals surface area contributed by atoms with Crippen molar-refractivity contribution in [1.82, 2.24) is 5.43 Å². The Hall–Kier alpha value is 1.01. The number of nitrogens with one attached hydrogen (secondary N) is 1. The Morgan fingerprint density at radius 3 is 1.41 bits per heavy atom. The first-order chi connectivity index (χ1) is 5.95. The fraction of sp³-hybridized carbons (Fsp3) is 0.455. The molecule has 0 atom stereocenters. The van der Waals surface area contributed by atoms with Crippen LogP contribution >= 0.6 is 37.2 Å². The molecule has 0 aliphatic rings. The monoisotopic (exact) mass is 312 g/mol. The summed E-state index contributed by atoms with van der Waals surface area (Å²) in [7, 11) is 0. The average Bonchev–Trinajstić information content (AvgIpc) is 2.06. The first kappa shape index (κ1) is 30.8. The van der Waals surface area contributed by atoms with Gasteiger partial charge in [0.1, 0.15) is 0 Å². The van der Waals surface area contributed by atoms with Crippen molar-refractivity contribution in [1.29, 1.82) is 0 Å². The Balaban J connectivity index is -0.0000000316. The normalized spacial score (nSPS) is 7.82. The molecule has 0 aromatic heterocycles. The van der Waals surface area contributed by atoms with Crippen LogP contribution in [0, 0.1) is 6.92 Å². The smallest absolute Gasteiger partial charge is 1.00 e. The molecule has 0 heterocycles. The van der Waals surface area contributed by atoms with Crippen LogP contribution in [-0.4, -0.2) is 5.54 Å². The van der Waals surface area contributed by atoms with Gasteiger partial charge in [0.15, 0.2) is 0 Å². The molecule has 0 saturated heterocycles. The van der Waals surface area contributed by atoms with E-state index in [0.717, 1.165) is 0 Å². The number of aryl methyl sites for hydroxylation is 1. The predicted octanol–water partition coefficient (Wildman–Crippen LogP) is 0.625. The third-order valence-electron chi connectivity index (χ3n) is 1.37. The van der Waals surface area contributed by atoms with E-state index in [4.69, 9.17) is 5.84 Å².